The maximum Gasteiger partial charge on any atom is 0.255 e. The standard InChI is InChI=1S/C25H26N4O5/c1-14-12-28(9-10-32-14)25(31)19-13-29-23(15(19)2)20(7-8-27-29)34-17-5-6-18-21(11-17)33-16(3)22(18)24(30)26-4/h5-8,11,13-14H,9-10,12H2,1-4H3,(H,26,30)/t14-/m1/s1. The van der Waals surface area contributed by atoms with E-state index < -0.39 is 0 Å². The Bertz CT molecular complexity index is 1420. The van der Waals surface area contributed by atoms with E-state index in [1.807, 2.05) is 24.8 Å². The molecule has 176 valence electrons. The number of hydrogen-bond acceptors (Lipinski definition) is 6. The van der Waals surface area contributed by atoms with Gasteiger partial charge in [-0.25, -0.2) is 4.52 Å². The summed E-state index contributed by atoms with van der Waals surface area (Å²) >= 11 is 0. The molecule has 4 heterocycles. The minimum absolute atomic E-state index is 0.0103. The number of aromatic nitrogens is 2. The van der Waals surface area contributed by atoms with E-state index in [0.717, 1.165) is 10.9 Å². The normalized spacial score (nSPS) is 16.2. The summed E-state index contributed by atoms with van der Waals surface area (Å²) in [7, 11) is 1.59. The minimum Gasteiger partial charge on any atom is -0.460 e. The average molecular weight is 463 g/mol. The zero-order valence-corrected chi connectivity index (χ0v) is 19.5. The van der Waals surface area contributed by atoms with E-state index in [9.17, 15) is 9.59 Å². The highest BCUT2D eigenvalue weighted by Crippen LogP contribution is 2.34. The van der Waals surface area contributed by atoms with Gasteiger partial charge in [0.15, 0.2) is 5.75 Å². The fraction of sp³-hybridized carbons (Fsp3) is 0.320. The van der Waals surface area contributed by atoms with Crippen LogP contribution in [0.25, 0.3) is 16.5 Å². The van der Waals surface area contributed by atoms with Crippen LogP contribution in [0.2, 0.25) is 0 Å². The number of carbonyl (C=O) groups is 2. The summed E-state index contributed by atoms with van der Waals surface area (Å²) in [5.41, 5.74) is 3.17. The fourth-order valence-corrected chi connectivity index (χ4v) is 4.49. The number of benzene rings is 1. The second-order valence-electron chi connectivity index (χ2n) is 8.46. The largest absolute Gasteiger partial charge is 0.460 e. The van der Waals surface area contributed by atoms with Gasteiger partial charge in [0.25, 0.3) is 11.8 Å². The minimum atomic E-state index is -0.198. The Balaban J connectivity index is 1.49. The van der Waals surface area contributed by atoms with Gasteiger partial charge >= 0.3 is 0 Å². The van der Waals surface area contributed by atoms with Crippen LogP contribution in [0.15, 0.2) is 41.1 Å². The molecule has 1 aliphatic heterocycles. The van der Waals surface area contributed by atoms with Gasteiger partial charge in [0.1, 0.15) is 22.6 Å². The Labute approximate surface area is 196 Å². The summed E-state index contributed by atoms with van der Waals surface area (Å²) in [4.78, 5) is 27.2. The number of amides is 2. The highest BCUT2D eigenvalue weighted by molar-refractivity contribution is 6.07. The number of furan rings is 1. The monoisotopic (exact) mass is 462 g/mol. The van der Waals surface area contributed by atoms with Crippen LogP contribution in [-0.4, -0.2) is 59.2 Å². The molecule has 9 heteroatoms. The lowest BCUT2D eigenvalue weighted by Gasteiger charge is -2.31. The second kappa shape index (κ2) is 8.49. The molecular weight excluding hydrogens is 436 g/mol. The zero-order chi connectivity index (χ0) is 24.0. The van der Waals surface area contributed by atoms with Crippen molar-refractivity contribution in [2.75, 3.05) is 26.7 Å². The third-order valence-electron chi connectivity index (χ3n) is 6.17. The van der Waals surface area contributed by atoms with Crippen LogP contribution in [0.3, 0.4) is 0 Å². The third-order valence-corrected chi connectivity index (χ3v) is 6.17. The van der Waals surface area contributed by atoms with Gasteiger partial charge in [0.2, 0.25) is 0 Å². The van der Waals surface area contributed by atoms with Crippen molar-refractivity contribution in [3.8, 4) is 11.5 Å². The van der Waals surface area contributed by atoms with Crippen LogP contribution in [0, 0.1) is 13.8 Å². The molecule has 1 aromatic carbocycles. The molecule has 0 radical (unpaired) electrons. The topological polar surface area (TPSA) is 98.3 Å². The summed E-state index contributed by atoms with van der Waals surface area (Å²) in [6, 6.07) is 7.12. The summed E-state index contributed by atoms with van der Waals surface area (Å²) in [5, 5.41) is 7.74. The molecule has 5 rings (SSSR count). The van der Waals surface area contributed by atoms with E-state index in [-0.39, 0.29) is 17.9 Å². The maximum atomic E-state index is 13.2. The molecule has 2 amide bonds. The molecule has 0 saturated carbocycles. The summed E-state index contributed by atoms with van der Waals surface area (Å²) < 4.78 is 19.2. The number of nitrogens with one attached hydrogen (secondary N) is 1. The average Bonchev–Trinajstić information content (AvgIpc) is 3.34. The van der Waals surface area contributed by atoms with Gasteiger partial charge in [-0.15, -0.1) is 0 Å². The van der Waals surface area contributed by atoms with E-state index in [2.05, 4.69) is 10.4 Å². The van der Waals surface area contributed by atoms with Gasteiger partial charge in [-0.3, -0.25) is 9.59 Å². The first-order chi connectivity index (χ1) is 16.4. The predicted octanol–water partition coefficient (Wildman–Crippen LogP) is 3.71. The van der Waals surface area contributed by atoms with Crippen molar-refractivity contribution in [1.29, 1.82) is 0 Å². The first kappa shape index (κ1) is 22.0. The smallest absolute Gasteiger partial charge is 0.255 e. The SMILES string of the molecule is CNC(=O)c1c(C)oc2cc(Oc3ccnn4cc(C(=O)N5CCO[C@H](C)C5)c(C)c34)ccc12. The lowest BCUT2D eigenvalue weighted by Crippen LogP contribution is -2.44. The van der Waals surface area contributed by atoms with Gasteiger partial charge in [-0.05, 0) is 38.5 Å². The quantitative estimate of drug-likeness (QED) is 0.497. The Kier molecular flexibility index (Phi) is 5.49. The second-order valence-corrected chi connectivity index (χ2v) is 8.46. The molecule has 1 fully saturated rings. The molecule has 0 aliphatic carbocycles. The summed E-state index contributed by atoms with van der Waals surface area (Å²) in [6.45, 7) is 7.27. The van der Waals surface area contributed by atoms with Crippen molar-refractivity contribution in [3.63, 3.8) is 0 Å². The molecule has 1 aliphatic rings. The van der Waals surface area contributed by atoms with Gasteiger partial charge in [-0.1, -0.05) is 0 Å². The number of rotatable bonds is 4. The van der Waals surface area contributed by atoms with E-state index in [4.69, 9.17) is 13.9 Å². The van der Waals surface area contributed by atoms with Crippen molar-refractivity contribution in [2.45, 2.75) is 26.9 Å². The van der Waals surface area contributed by atoms with E-state index in [0.29, 0.717) is 59.2 Å². The molecule has 1 saturated heterocycles. The van der Waals surface area contributed by atoms with Crippen molar-refractivity contribution in [2.24, 2.45) is 0 Å². The number of aryl methyl sites for hydroxylation is 2. The third kappa shape index (κ3) is 3.67. The molecule has 0 unspecified atom stereocenters. The van der Waals surface area contributed by atoms with Crippen LogP contribution >= 0.6 is 0 Å². The van der Waals surface area contributed by atoms with Crippen LogP contribution in [0.5, 0.6) is 11.5 Å². The van der Waals surface area contributed by atoms with E-state index >= 15 is 0 Å². The Morgan fingerprint density at radius 3 is 2.82 bits per heavy atom. The predicted molar refractivity (Wildman–Crippen MR) is 126 cm³/mol. The molecule has 34 heavy (non-hydrogen) atoms. The van der Waals surface area contributed by atoms with Crippen molar-refractivity contribution in [1.82, 2.24) is 19.8 Å². The summed E-state index contributed by atoms with van der Waals surface area (Å²) in [6.07, 6.45) is 3.39. The lowest BCUT2D eigenvalue weighted by molar-refractivity contribution is -0.0124. The van der Waals surface area contributed by atoms with Gasteiger partial charge in [-0.2, -0.15) is 5.10 Å². The Morgan fingerprint density at radius 2 is 2.06 bits per heavy atom. The first-order valence-corrected chi connectivity index (χ1v) is 11.2. The van der Waals surface area contributed by atoms with Crippen molar-refractivity contribution < 1.29 is 23.5 Å². The van der Waals surface area contributed by atoms with Crippen molar-refractivity contribution >= 4 is 28.3 Å². The zero-order valence-electron chi connectivity index (χ0n) is 19.5. The molecule has 1 atom stereocenters. The molecule has 0 spiro atoms. The molecule has 1 N–H and O–H groups in total. The maximum absolute atomic E-state index is 13.2. The van der Waals surface area contributed by atoms with Crippen LogP contribution in [0.4, 0.5) is 0 Å². The molecule has 3 aromatic heterocycles. The Hall–Kier alpha value is -3.85. The van der Waals surface area contributed by atoms with Gasteiger partial charge in [0.05, 0.1) is 30.0 Å². The van der Waals surface area contributed by atoms with Crippen LogP contribution < -0.4 is 10.1 Å². The molecular formula is C25H26N4O5. The highest BCUT2D eigenvalue weighted by Gasteiger charge is 2.26. The van der Waals surface area contributed by atoms with Crippen LogP contribution in [0.1, 0.15) is 39.0 Å². The van der Waals surface area contributed by atoms with E-state index in [1.165, 1.54) is 0 Å². The first-order valence-electron chi connectivity index (χ1n) is 11.2. The van der Waals surface area contributed by atoms with Crippen molar-refractivity contribution in [3.05, 3.63) is 59.1 Å². The molecule has 0 bridgehead atoms. The van der Waals surface area contributed by atoms with Gasteiger partial charge in [0, 0.05) is 43.9 Å². The lowest BCUT2D eigenvalue weighted by atomic mass is 10.1. The molecule has 4 aromatic rings. The van der Waals surface area contributed by atoms with Crippen LogP contribution in [-0.2, 0) is 4.74 Å². The van der Waals surface area contributed by atoms with E-state index in [1.54, 1.807) is 49.1 Å². The molecule has 9 nitrogen and oxygen atoms in total. The highest BCUT2D eigenvalue weighted by atomic mass is 16.5. The number of fused-ring (bicyclic) bond motifs is 2. The number of morpholine rings is 1. The summed E-state index contributed by atoms with van der Waals surface area (Å²) in [5.74, 6) is 1.42. The fourth-order valence-electron chi connectivity index (χ4n) is 4.49. The number of ether oxygens (including phenoxy) is 2. The van der Waals surface area contributed by atoms with Gasteiger partial charge < -0.3 is 24.1 Å². The number of nitrogens with zero attached hydrogens (tertiary/aromatic N) is 3. The number of carbonyl (C=O) groups excluding carboxylic acids is 2. The Morgan fingerprint density at radius 1 is 1.24 bits per heavy atom. The number of hydrogen-bond donors (Lipinski definition) is 1.